The molecule has 0 radical (unpaired) electrons. The van der Waals surface area contributed by atoms with Gasteiger partial charge in [-0.3, -0.25) is 18.1 Å². The van der Waals surface area contributed by atoms with Crippen LogP contribution in [0.2, 0.25) is 0 Å². The summed E-state index contributed by atoms with van der Waals surface area (Å²) in [6, 6.07) is 0. The second-order valence-corrected chi connectivity index (χ2v) is 25.9. The Balaban J connectivity index is 5.60. The summed E-state index contributed by atoms with van der Waals surface area (Å²) in [5.74, 6) is 0. The highest BCUT2D eigenvalue weighted by atomic mass is 33.1. The lowest BCUT2D eigenvalue weighted by Gasteiger charge is -2.41. The largest absolute Gasteiger partial charge is 0.475 e. The van der Waals surface area contributed by atoms with Crippen molar-refractivity contribution in [2.24, 2.45) is 0 Å². The van der Waals surface area contributed by atoms with E-state index in [1.54, 1.807) is 35.4 Å². The van der Waals surface area contributed by atoms with Crippen molar-refractivity contribution in [2.75, 3.05) is 20.8 Å². The molecular formula is C38H80O9P2S2. The van der Waals surface area contributed by atoms with Crippen LogP contribution in [-0.4, -0.2) is 63.2 Å². The summed E-state index contributed by atoms with van der Waals surface area (Å²) in [4.78, 5) is 0. The quantitative estimate of drug-likeness (QED) is 0.0425. The Morgan fingerprint density at radius 1 is 0.569 bits per heavy atom. The molecule has 2 atom stereocenters. The van der Waals surface area contributed by atoms with Gasteiger partial charge in [-0.15, -0.1) is 0 Å². The molecule has 308 valence electrons. The van der Waals surface area contributed by atoms with Crippen molar-refractivity contribution in [1.82, 2.24) is 0 Å². The maximum Gasteiger partial charge on any atom is 0.475 e. The maximum absolute atomic E-state index is 14.3. The zero-order valence-corrected chi connectivity index (χ0v) is 39.2. The van der Waals surface area contributed by atoms with Gasteiger partial charge in [-0.25, -0.2) is 4.57 Å². The van der Waals surface area contributed by atoms with Crippen molar-refractivity contribution in [3.63, 3.8) is 0 Å². The minimum Gasteiger partial charge on any atom is -0.390 e. The van der Waals surface area contributed by atoms with E-state index in [0.717, 1.165) is 64.2 Å². The molecule has 0 bridgehead atoms. The molecule has 0 saturated carbocycles. The molecule has 0 aromatic rings. The molecule has 0 aromatic carbocycles. The zero-order valence-electron chi connectivity index (χ0n) is 35.8. The standard InChI is InChI=1S/C38H80O9P2S2/c1-18-20-22-24-26-38(15,27-25-23-21-19-2)47-49(41,43-17)46-33(5,6)28-29-44-37(13,14)48(40,42-16)45-34(7,8)31-36(11,12)51-50-35(9,10)30-32(3,4)39/h39H,18-31H2,1-17H3. The lowest BCUT2D eigenvalue weighted by Crippen LogP contribution is -2.38. The summed E-state index contributed by atoms with van der Waals surface area (Å²) in [6.07, 6.45) is 11.9. The fourth-order valence-electron chi connectivity index (χ4n) is 6.48. The van der Waals surface area contributed by atoms with Crippen LogP contribution in [0.4, 0.5) is 0 Å². The Morgan fingerprint density at radius 2 is 1.04 bits per heavy atom. The summed E-state index contributed by atoms with van der Waals surface area (Å²) in [6.45, 7) is 29.7. The predicted molar refractivity (Wildman–Crippen MR) is 220 cm³/mol. The van der Waals surface area contributed by atoms with Crippen molar-refractivity contribution in [3.8, 4) is 0 Å². The lowest BCUT2D eigenvalue weighted by molar-refractivity contribution is -0.0482. The summed E-state index contributed by atoms with van der Waals surface area (Å²) in [7, 11) is -1.49. The molecule has 0 amide bonds. The number of phosphoric acid groups is 1. The predicted octanol–water partition coefficient (Wildman–Crippen LogP) is 13.5. The Hall–Kier alpha value is 0.880. The van der Waals surface area contributed by atoms with Gasteiger partial charge in [0.1, 0.15) is 0 Å². The van der Waals surface area contributed by atoms with E-state index in [2.05, 4.69) is 41.5 Å². The first-order valence-corrected chi connectivity index (χ1v) is 24.3. The van der Waals surface area contributed by atoms with Gasteiger partial charge in [0.25, 0.3) is 0 Å². The van der Waals surface area contributed by atoms with Crippen LogP contribution in [0.3, 0.4) is 0 Å². The SMILES string of the molecule is CCCCCCC(C)(CCCCCC)OP(=O)(OC)OC(C)(C)CCOC(C)(C)P(=O)(OC)OC(C)(C)CC(C)(C)SSC(C)(C)CC(C)(C)O. The van der Waals surface area contributed by atoms with E-state index in [1.165, 1.54) is 14.2 Å². The van der Waals surface area contributed by atoms with Gasteiger partial charge in [-0.2, -0.15) is 0 Å². The Bertz CT molecular complexity index is 1080. The van der Waals surface area contributed by atoms with Gasteiger partial charge >= 0.3 is 15.4 Å². The van der Waals surface area contributed by atoms with Crippen LogP contribution in [0, 0.1) is 0 Å². The fraction of sp³-hybridized carbons (Fsp3) is 1.00. The average molecular weight is 807 g/mol. The molecule has 0 spiro atoms. The molecule has 0 fully saturated rings. The molecule has 9 nitrogen and oxygen atoms in total. The van der Waals surface area contributed by atoms with Crippen molar-refractivity contribution in [3.05, 3.63) is 0 Å². The molecule has 13 heteroatoms. The van der Waals surface area contributed by atoms with Gasteiger partial charge in [0, 0.05) is 23.7 Å². The van der Waals surface area contributed by atoms with Crippen LogP contribution in [0.5, 0.6) is 0 Å². The Labute approximate surface area is 322 Å². The fourth-order valence-corrected chi connectivity index (χ4v) is 12.8. The minimum absolute atomic E-state index is 0.139. The number of hydrogen-bond donors (Lipinski definition) is 1. The average Bonchev–Trinajstić information content (AvgIpc) is 2.94. The first kappa shape index (κ1) is 51.9. The lowest BCUT2D eigenvalue weighted by atomic mass is 9.92. The van der Waals surface area contributed by atoms with Gasteiger partial charge < -0.3 is 18.9 Å². The summed E-state index contributed by atoms with van der Waals surface area (Å²) < 4.78 is 64.0. The van der Waals surface area contributed by atoms with E-state index >= 15 is 0 Å². The van der Waals surface area contributed by atoms with E-state index in [9.17, 15) is 14.2 Å². The van der Waals surface area contributed by atoms with E-state index in [-0.39, 0.29) is 16.1 Å². The van der Waals surface area contributed by atoms with Crippen LogP contribution in [0.1, 0.15) is 187 Å². The number of unbranched alkanes of at least 4 members (excludes halogenated alkanes) is 6. The number of hydrogen-bond acceptors (Lipinski definition) is 11. The molecule has 51 heavy (non-hydrogen) atoms. The molecule has 0 rings (SSSR count). The molecule has 0 saturated heterocycles. The molecule has 2 unspecified atom stereocenters. The molecule has 0 aliphatic carbocycles. The molecule has 1 N–H and O–H groups in total. The van der Waals surface area contributed by atoms with Crippen molar-refractivity contribution in [2.45, 2.75) is 225 Å². The molecule has 0 heterocycles. The van der Waals surface area contributed by atoms with E-state index < -0.39 is 43.2 Å². The summed E-state index contributed by atoms with van der Waals surface area (Å²) in [5.41, 5.74) is -3.15. The second kappa shape index (κ2) is 21.4. The summed E-state index contributed by atoms with van der Waals surface area (Å²) in [5, 5.41) is 9.07. The number of phosphoric ester groups is 1. The topological polar surface area (TPSA) is 110 Å². The second-order valence-electron chi connectivity index (χ2n) is 18.1. The maximum atomic E-state index is 14.3. The Kier molecular flexibility index (Phi) is 21.8. The van der Waals surface area contributed by atoms with Crippen LogP contribution in [0.15, 0.2) is 0 Å². The normalized spacial score (nSPS) is 16.7. The van der Waals surface area contributed by atoms with Crippen molar-refractivity contribution < 1.29 is 41.6 Å². The summed E-state index contributed by atoms with van der Waals surface area (Å²) >= 11 is 0. The van der Waals surface area contributed by atoms with Gasteiger partial charge in [0.05, 0.1) is 29.0 Å². The third-order valence-electron chi connectivity index (χ3n) is 8.66. The van der Waals surface area contributed by atoms with Crippen LogP contribution in [0.25, 0.3) is 0 Å². The van der Waals surface area contributed by atoms with E-state index in [4.69, 9.17) is 27.4 Å². The molecule has 0 aliphatic heterocycles. The zero-order chi connectivity index (χ0) is 40.1. The third-order valence-corrected chi connectivity index (χ3v) is 17.4. The number of rotatable bonds is 30. The van der Waals surface area contributed by atoms with E-state index in [1.807, 2.05) is 48.5 Å². The van der Waals surface area contributed by atoms with Gasteiger partial charge in [0.2, 0.25) is 0 Å². The monoisotopic (exact) mass is 806 g/mol. The smallest absolute Gasteiger partial charge is 0.390 e. The number of ether oxygens (including phenoxy) is 1. The highest BCUT2D eigenvalue weighted by Crippen LogP contribution is 2.63. The number of aliphatic hydroxyl groups is 1. The van der Waals surface area contributed by atoms with Crippen LogP contribution in [-0.2, 0) is 36.5 Å². The highest BCUT2D eigenvalue weighted by molar-refractivity contribution is 8.77. The van der Waals surface area contributed by atoms with Gasteiger partial charge in [0.15, 0.2) is 5.34 Å². The van der Waals surface area contributed by atoms with Gasteiger partial charge in [-0.1, -0.05) is 86.8 Å². The molecule has 0 aromatic heterocycles. The first-order chi connectivity index (χ1) is 22.9. The highest BCUT2D eigenvalue weighted by Gasteiger charge is 2.49. The van der Waals surface area contributed by atoms with Crippen LogP contribution >= 0.6 is 37.0 Å². The first-order valence-electron chi connectivity index (χ1n) is 19.1. The molecule has 0 aliphatic rings. The minimum atomic E-state index is -3.92. The third kappa shape index (κ3) is 21.7. The van der Waals surface area contributed by atoms with Gasteiger partial charge in [-0.05, 0) is 122 Å². The molecular weight excluding hydrogens is 726 g/mol. The Morgan fingerprint density at radius 3 is 1.45 bits per heavy atom. The van der Waals surface area contributed by atoms with E-state index in [0.29, 0.717) is 19.3 Å². The van der Waals surface area contributed by atoms with Crippen molar-refractivity contribution in [1.29, 1.82) is 0 Å². The van der Waals surface area contributed by atoms with Crippen molar-refractivity contribution >= 4 is 37.0 Å². The van der Waals surface area contributed by atoms with Crippen LogP contribution < -0.4 is 0 Å².